The van der Waals surface area contributed by atoms with Gasteiger partial charge in [-0.3, -0.25) is 4.79 Å². The Morgan fingerprint density at radius 1 is 1.04 bits per heavy atom. The fourth-order valence-electron chi connectivity index (χ4n) is 2.91. The predicted molar refractivity (Wildman–Crippen MR) is 99.9 cm³/mol. The molecule has 2 aromatic carbocycles. The zero-order valence-electron chi connectivity index (χ0n) is 14.9. The van der Waals surface area contributed by atoms with Gasteiger partial charge in [0.2, 0.25) is 10.0 Å². The van der Waals surface area contributed by atoms with E-state index in [4.69, 9.17) is 4.74 Å². The van der Waals surface area contributed by atoms with Crippen molar-refractivity contribution >= 4 is 21.6 Å². The summed E-state index contributed by atoms with van der Waals surface area (Å²) in [6.07, 6.45) is 0. The van der Waals surface area contributed by atoms with Crippen molar-refractivity contribution in [2.45, 2.75) is 18.7 Å². The van der Waals surface area contributed by atoms with Gasteiger partial charge >= 0.3 is 0 Å². The van der Waals surface area contributed by atoms with Crippen molar-refractivity contribution < 1.29 is 17.9 Å². The summed E-state index contributed by atoms with van der Waals surface area (Å²) in [6.45, 7) is 5.38. The fraction of sp³-hybridized carbons (Fsp3) is 0.316. The summed E-state index contributed by atoms with van der Waals surface area (Å²) in [7, 11) is -3.53. The van der Waals surface area contributed by atoms with E-state index in [1.54, 1.807) is 18.2 Å². The standard InChI is InChI=1S/C19H22N2O4S/c1-14-3-8-18(15(2)13-14)19(22)20-16-4-6-17(7-5-16)26(23,24)21-9-11-25-12-10-21/h3-8,13H,9-12H2,1-2H3,(H,20,22). The van der Waals surface area contributed by atoms with Gasteiger partial charge in [-0.2, -0.15) is 4.31 Å². The number of ether oxygens (including phenoxy) is 1. The van der Waals surface area contributed by atoms with Crippen LogP contribution in [0.2, 0.25) is 0 Å². The Morgan fingerprint density at radius 2 is 1.69 bits per heavy atom. The molecule has 7 heteroatoms. The van der Waals surface area contributed by atoms with Gasteiger partial charge in [0.15, 0.2) is 0 Å². The van der Waals surface area contributed by atoms with Crippen LogP contribution in [0.5, 0.6) is 0 Å². The maximum Gasteiger partial charge on any atom is 0.255 e. The molecule has 1 heterocycles. The van der Waals surface area contributed by atoms with Gasteiger partial charge in [0, 0.05) is 24.3 Å². The third-order valence-electron chi connectivity index (χ3n) is 4.35. The van der Waals surface area contributed by atoms with Crippen LogP contribution in [0.25, 0.3) is 0 Å². The second-order valence-corrected chi connectivity index (χ2v) is 8.25. The van der Waals surface area contributed by atoms with Crippen LogP contribution in [0.4, 0.5) is 5.69 Å². The van der Waals surface area contributed by atoms with E-state index in [0.717, 1.165) is 11.1 Å². The lowest BCUT2D eigenvalue weighted by Gasteiger charge is -2.26. The van der Waals surface area contributed by atoms with E-state index < -0.39 is 10.0 Å². The van der Waals surface area contributed by atoms with Crippen molar-refractivity contribution in [1.82, 2.24) is 4.31 Å². The lowest BCUT2D eigenvalue weighted by Crippen LogP contribution is -2.40. The third-order valence-corrected chi connectivity index (χ3v) is 6.26. The molecule has 0 spiro atoms. The summed E-state index contributed by atoms with van der Waals surface area (Å²) < 4.78 is 31.8. The molecule has 0 aromatic heterocycles. The minimum atomic E-state index is -3.53. The van der Waals surface area contributed by atoms with Gasteiger partial charge in [0.1, 0.15) is 0 Å². The second kappa shape index (κ2) is 7.57. The molecule has 0 atom stereocenters. The minimum absolute atomic E-state index is 0.212. The van der Waals surface area contributed by atoms with Gasteiger partial charge in [0.25, 0.3) is 5.91 Å². The van der Waals surface area contributed by atoms with Crippen LogP contribution in [-0.4, -0.2) is 44.9 Å². The van der Waals surface area contributed by atoms with Crippen molar-refractivity contribution in [2.75, 3.05) is 31.6 Å². The number of anilines is 1. The van der Waals surface area contributed by atoms with Crippen LogP contribution >= 0.6 is 0 Å². The Kier molecular flexibility index (Phi) is 5.41. The largest absolute Gasteiger partial charge is 0.379 e. The SMILES string of the molecule is Cc1ccc(C(=O)Nc2ccc(S(=O)(=O)N3CCOCC3)cc2)c(C)c1. The van der Waals surface area contributed by atoms with Crippen LogP contribution in [0.1, 0.15) is 21.5 Å². The number of carbonyl (C=O) groups is 1. The Bertz CT molecular complexity index is 902. The van der Waals surface area contributed by atoms with Crippen molar-refractivity contribution in [3.63, 3.8) is 0 Å². The number of hydrogen-bond donors (Lipinski definition) is 1. The molecule has 138 valence electrons. The highest BCUT2D eigenvalue weighted by molar-refractivity contribution is 7.89. The number of rotatable bonds is 4. The van der Waals surface area contributed by atoms with Crippen LogP contribution < -0.4 is 5.32 Å². The number of amides is 1. The molecular weight excluding hydrogens is 352 g/mol. The molecule has 0 saturated carbocycles. The lowest BCUT2D eigenvalue weighted by molar-refractivity contribution is 0.0730. The summed E-state index contributed by atoms with van der Waals surface area (Å²) in [6, 6.07) is 11.9. The molecule has 1 aliphatic rings. The summed E-state index contributed by atoms with van der Waals surface area (Å²) in [5.41, 5.74) is 3.14. The third kappa shape index (κ3) is 3.95. The first kappa shape index (κ1) is 18.6. The predicted octanol–water partition coefficient (Wildman–Crippen LogP) is 2.58. The average Bonchev–Trinajstić information content (AvgIpc) is 2.63. The minimum Gasteiger partial charge on any atom is -0.379 e. The molecule has 1 amide bonds. The normalized spacial score (nSPS) is 15.6. The zero-order valence-corrected chi connectivity index (χ0v) is 15.7. The van der Waals surface area contributed by atoms with E-state index in [9.17, 15) is 13.2 Å². The molecule has 1 N–H and O–H groups in total. The molecule has 0 aliphatic carbocycles. The highest BCUT2D eigenvalue weighted by Gasteiger charge is 2.26. The maximum absolute atomic E-state index is 12.6. The van der Waals surface area contributed by atoms with Crippen molar-refractivity contribution in [3.05, 3.63) is 59.2 Å². The molecule has 3 rings (SSSR count). The van der Waals surface area contributed by atoms with Gasteiger partial charge in [0.05, 0.1) is 18.1 Å². The highest BCUT2D eigenvalue weighted by atomic mass is 32.2. The number of morpholine rings is 1. The molecule has 2 aromatic rings. The van der Waals surface area contributed by atoms with Gasteiger partial charge in [-0.15, -0.1) is 0 Å². The van der Waals surface area contributed by atoms with Crippen molar-refractivity contribution in [1.29, 1.82) is 0 Å². The van der Waals surface area contributed by atoms with Crippen LogP contribution in [0.15, 0.2) is 47.4 Å². The average molecular weight is 374 g/mol. The number of sulfonamides is 1. The van der Waals surface area contributed by atoms with Gasteiger partial charge in [-0.1, -0.05) is 17.7 Å². The number of carbonyl (C=O) groups excluding carboxylic acids is 1. The first-order valence-electron chi connectivity index (χ1n) is 8.44. The van der Waals surface area contributed by atoms with E-state index in [1.807, 2.05) is 26.0 Å². The van der Waals surface area contributed by atoms with E-state index in [-0.39, 0.29) is 10.8 Å². The van der Waals surface area contributed by atoms with Crippen LogP contribution in [0.3, 0.4) is 0 Å². The van der Waals surface area contributed by atoms with E-state index in [2.05, 4.69) is 5.32 Å². The van der Waals surface area contributed by atoms with Gasteiger partial charge in [-0.05, 0) is 49.7 Å². The number of hydrogen-bond acceptors (Lipinski definition) is 4. The summed E-state index contributed by atoms with van der Waals surface area (Å²) >= 11 is 0. The first-order chi connectivity index (χ1) is 12.4. The quantitative estimate of drug-likeness (QED) is 0.892. The monoisotopic (exact) mass is 374 g/mol. The molecule has 0 bridgehead atoms. The molecule has 1 fully saturated rings. The van der Waals surface area contributed by atoms with E-state index in [0.29, 0.717) is 37.6 Å². The number of benzene rings is 2. The zero-order chi connectivity index (χ0) is 18.7. The Hall–Kier alpha value is -2.22. The van der Waals surface area contributed by atoms with Crippen molar-refractivity contribution in [3.8, 4) is 0 Å². The molecule has 26 heavy (non-hydrogen) atoms. The van der Waals surface area contributed by atoms with E-state index in [1.165, 1.54) is 16.4 Å². The van der Waals surface area contributed by atoms with Gasteiger partial charge < -0.3 is 10.1 Å². The summed E-state index contributed by atoms with van der Waals surface area (Å²) in [5.74, 6) is -0.216. The second-order valence-electron chi connectivity index (χ2n) is 6.31. The first-order valence-corrected chi connectivity index (χ1v) is 9.88. The molecular formula is C19H22N2O4S. The summed E-state index contributed by atoms with van der Waals surface area (Å²) in [4.78, 5) is 12.6. The molecule has 1 saturated heterocycles. The number of nitrogens with one attached hydrogen (secondary N) is 1. The summed E-state index contributed by atoms with van der Waals surface area (Å²) in [5, 5.41) is 2.81. The molecule has 0 radical (unpaired) electrons. The number of aryl methyl sites for hydroxylation is 2. The fourth-order valence-corrected chi connectivity index (χ4v) is 4.32. The van der Waals surface area contributed by atoms with Crippen molar-refractivity contribution in [2.24, 2.45) is 0 Å². The van der Waals surface area contributed by atoms with E-state index >= 15 is 0 Å². The Morgan fingerprint density at radius 3 is 2.31 bits per heavy atom. The molecule has 1 aliphatic heterocycles. The van der Waals surface area contributed by atoms with Crippen LogP contribution in [0, 0.1) is 13.8 Å². The maximum atomic E-state index is 12.6. The number of nitrogens with zero attached hydrogens (tertiary/aromatic N) is 1. The lowest BCUT2D eigenvalue weighted by atomic mass is 10.1. The molecule has 6 nitrogen and oxygen atoms in total. The molecule has 0 unspecified atom stereocenters. The van der Waals surface area contributed by atoms with Gasteiger partial charge in [-0.25, -0.2) is 8.42 Å². The van der Waals surface area contributed by atoms with Crippen LogP contribution in [-0.2, 0) is 14.8 Å². The smallest absolute Gasteiger partial charge is 0.255 e. The topological polar surface area (TPSA) is 75.7 Å². The Balaban J connectivity index is 1.74. The highest BCUT2D eigenvalue weighted by Crippen LogP contribution is 2.20. The Labute approximate surface area is 153 Å².